The molecule has 0 amide bonds. The van der Waals surface area contributed by atoms with Crippen LogP contribution in [0.4, 0.5) is 0 Å². The Balaban J connectivity index is 1.30. The Hall–Kier alpha value is -4.65. The number of carboxylic acid groups (broad SMARTS) is 1. The third kappa shape index (κ3) is 7.68. The van der Waals surface area contributed by atoms with Gasteiger partial charge in [0.15, 0.2) is 5.78 Å². The molecule has 0 bridgehead atoms. The molecule has 0 saturated carbocycles. The molecule has 4 aromatic rings. The van der Waals surface area contributed by atoms with Gasteiger partial charge in [0.2, 0.25) is 5.89 Å². The van der Waals surface area contributed by atoms with Crippen molar-refractivity contribution in [2.45, 2.75) is 39.7 Å². The summed E-state index contributed by atoms with van der Waals surface area (Å²) < 4.78 is 11.7. The van der Waals surface area contributed by atoms with Gasteiger partial charge in [0.25, 0.3) is 0 Å². The smallest absolute Gasteiger partial charge is 0.326 e. The first-order valence-electron chi connectivity index (χ1n) is 12.8. The number of ether oxygens (including phenoxy) is 1. The highest BCUT2D eigenvalue weighted by Crippen LogP contribution is 2.22. The minimum Gasteiger partial charge on any atom is -0.493 e. The van der Waals surface area contributed by atoms with Gasteiger partial charge in [-0.2, -0.15) is 0 Å². The van der Waals surface area contributed by atoms with E-state index >= 15 is 0 Å². The lowest BCUT2D eigenvalue weighted by molar-refractivity contribution is -0.139. The zero-order valence-corrected chi connectivity index (χ0v) is 22.3. The molecule has 0 spiro atoms. The number of rotatable bonds is 12. The monoisotopic (exact) mass is 524 g/mol. The van der Waals surface area contributed by atoms with Crippen LogP contribution in [0, 0.1) is 13.8 Å². The number of aryl methyl sites for hydroxylation is 2. The Morgan fingerprint density at radius 2 is 1.69 bits per heavy atom. The summed E-state index contributed by atoms with van der Waals surface area (Å²) in [6, 6.07) is 23.5. The summed E-state index contributed by atoms with van der Waals surface area (Å²) >= 11 is 0. The Kier molecular flexibility index (Phi) is 8.94. The third-order valence-corrected chi connectivity index (χ3v) is 6.27. The van der Waals surface area contributed by atoms with Crippen molar-refractivity contribution in [2.75, 3.05) is 6.61 Å². The van der Waals surface area contributed by atoms with Gasteiger partial charge in [-0.1, -0.05) is 60.2 Å². The molecule has 7 nitrogen and oxygen atoms in total. The molecule has 1 atom stereocenters. The molecule has 1 heterocycles. The number of hydrogen-bond donors (Lipinski definition) is 2. The van der Waals surface area contributed by atoms with Gasteiger partial charge in [-0.3, -0.25) is 4.79 Å². The van der Waals surface area contributed by atoms with Crippen LogP contribution in [0.3, 0.4) is 0 Å². The first-order chi connectivity index (χ1) is 18.8. The number of carbonyl (C=O) groups excluding carboxylic acids is 1. The van der Waals surface area contributed by atoms with Crippen molar-refractivity contribution >= 4 is 11.8 Å². The number of oxazole rings is 1. The summed E-state index contributed by atoms with van der Waals surface area (Å²) in [5.41, 5.74) is 4.73. The van der Waals surface area contributed by atoms with Gasteiger partial charge in [-0.25, -0.2) is 9.78 Å². The number of nitrogens with zero attached hydrogens (tertiary/aromatic N) is 1. The molecule has 39 heavy (non-hydrogen) atoms. The maximum atomic E-state index is 12.5. The van der Waals surface area contributed by atoms with Gasteiger partial charge in [-0.05, 0) is 50.6 Å². The zero-order valence-electron chi connectivity index (χ0n) is 22.3. The van der Waals surface area contributed by atoms with Crippen molar-refractivity contribution in [1.82, 2.24) is 10.3 Å². The molecule has 0 aliphatic rings. The lowest BCUT2D eigenvalue weighted by Gasteiger charge is -2.16. The van der Waals surface area contributed by atoms with Gasteiger partial charge >= 0.3 is 5.97 Å². The SMILES string of the molecule is C/C(=C/C(=O)c1ccc(C)cc1)N[C@@H](Cc1ccc(OCCc2nc(-c3ccccc3)oc2C)cc1)C(=O)O. The van der Waals surface area contributed by atoms with E-state index in [4.69, 9.17) is 9.15 Å². The van der Waals surface area contributed by atoms with Crippen LogP contribution < -0.4 is 10.1 Å². The van der Waals surface area contributed by atoms with E-state index in [-0.39, 0.29) is 12.2 Å². The normalized spacial score (nSPS) is 12.1. The van der Waals surface area contributed by atoms with E-state index < -0.39 is 12.0 Å². The van der Waals surface area contributed by atoms with Crippen LogP contribution in [-0.2, 0) is 17.6 Å². The maximum Gasteiger partial charge on any atom is 0.326 e. The second-order valence-corrected chi connectivity index (χ2v) is 9.43. The largest absolute Gasteiger partial charge is 0.493 e. The first kappa shape index (κ1) is 27.4. The van der Waals surface area contributed by atoms with Crippen molar-refractivity contribution in [2.24, 2.45) is 0 Å². The van der Waals surface area contributed by atoms with Gasteiger partial charge in [0, 0.05) is 35.7 Å². The number of carboxylic acids is 1. The van der Waals surface area contributed by atoms with Gasteiger partial charge < -0.3 is 19.6 Å². The number of aromatic nitrogens is 1. The van der Waals surface area contributed by atoms with Crippen LogP contribution >= 0.6 is 0 Å². The Labute approximate surface area is 228 Å². The Bertz CT molecular complexity index is 1440. The quantitative estimate of drug-likeness (QED) is 0.174. The molecule has 0 radical (unpaired) electrons. The number of benzene rings is 3. The highest BCUT2D eigenvalue weighted by atomic mass is 16.5. The molecule has 0 aliphatic carbocycles. The molecule has 0 aliphatic heterocycles. The van der Waals surface area contributed by atoms with E-state index in [9.17, 15) is 14.7 Å². The summed E-state index contributed by atoms with van der Waals surface area (Å²) in [6.07, 6.45) is 2.28. The van der Waals surface area contributed by atoms with Gasteiger partial charge in [0.05, 0.1) is 12.3 Å². The van der Waals surface area contributed by atoms with Crippen molar-refractivity contribution < 1.29 is 23.8 Å². The molecular formula is C32H32N2O5. The van der Waals surface area contributed by atoms with Crippen molar-refractivity contribution in [3.8, 4) is 17.2 Å². The highest BCUT2D eigenvalue weighted by Gasteiger charge is 2.18. The van der Waals surface area contributed by atoms with E-state index in [1.165, 1.54) is 6.08 Å². The summed E-state index contributed by atoms with van der Waals surface area (Å²) in [5, 5.41) is 12.7. The first-order valence-corrected chi connectivity index (χ1v) is 12.8. The molecular weight excluding hydrogens is 492 g/mol. The fourth-order valence-corrected chi connectivity index (χ4v) is 4.10. The second kappa shape index (κ2) is 12.7. The number of carbonyl (C=O) groups is 2. The van der Waals surface area contributed by atoms with Gasteiger partial charge in [-0.15, -0.1) is 0 Å². The zero-order chi connectivity index (χ0) is 27.8. The number of allylic oxidation sites excluding steroid dienone is 2. The van der Waals surface area contributed by atoms with Crippen LogP contribution in [0.25, 0.3) is 11.5 Å². The van der Waals surface area contributed by atoms with Crippen LogP contribution in [-0.4, -0.2) is 34.5 Å². The number of hydrogen-bond acceptors (Lipinski definition) is 6. The predicted molar refractivity (Wildman–Crippen MR) is 150 cm³/mol. The number of nitrogens with one attached hydrogen (secondary N) is 1. The summed E-state index contributed by atoms with van der Waals surface area (Å²) in [5.74, 6) is 0.873. The minimum absolute atomic E-state index is 0.178. The summed E-state index contributed by atoms with van der Waals surface area (Å²) in [6.45, 7) is 5.97. The van der Waals surface area contributed by atoms with E-state index in [2.05, 4.69) is 10.3 Å². The lowest BCUT2D eigenvalue weighted by Crippen LogP contribution is -2.37. The standard InChI is InChI=1S/C32H32N2O5/c1-21-9-13-25(14-10-21)30(35)19-22(2)33-29(32(36)37)20-24-11-15-27(16-12-24)38-18-17-28-23(3)39-31(34-28)26-7-5-4-6-8-26/h4-16,19,29,33H,17-18,20H2,1-3H3,(H,36,37)/b22-19-/t29-/m0/s1. The molecule has 0 unspecified atom stereocenters. The topological polar surface area (TPSA) is 102 Å². The molecule has 2 N–H and O–H groups in total. The summed E-state index contributed by atoms with van der Waals surface area (Å²) in [4.78, 5) is 29.0. The fourth-order valence-electron chi connectivity index (χ4n) is 4.10. The number of aliphatic carboxylic acids is 1. The van der Waals surface area contributed by atoms with E-state index in [1.54, 1.807) is 19.1 Å². The van der Waals surface area contributed by atoms with E-state index in [0.29, 0.717) is 35.9 Å². The van der Waals surface area contributed by atoms with E-state index in [1.807, 2.05) is 80.6 Å². The Morgan fingerprint density at radius 3 is 2.36 bits per heavy atom. The van der Waals surface area contributed by atoms with Crippen LogP contribution in [0.2, 0.25) is 0 Å². The highest BCUT2D eigenvalue weighted by molar-refractivity contribution is 6.04. The molecule has 1 aromatic heterocycles. The molecule has 0 fully saturated rings. The van der Waals surface area contributed by atoms with Gasteiger partial charge in [0.1, 0.15) is 17.6 Å². The predicted octanol–water partition coefficient (Wildman–Crippen LogP) is 5.95. The van der Waals surface area contributed by atoms with Crippen molar-refractivity contribution in [3.63, 3.8) is 0 Å². The Morgan fingerprint density at radius 1 is 1.00 bits per heavy atom. The average molecular weight is 525 g/mol. The average Bonchev–Trinajstić information content (AvgIpc) is 3.30. The van der Waals surface area contributed by atoms with Crippen molar-refractivity contribution in [1.29, 1.82) is 0 Å². The van der Waals surface area contributed by atoms with Crippen LogP contribution in [0.15, 0.2) is 95.1 Å². The molecule has 3 aromatic carbocycles. The molecule has 7 heteroatoms. The minimum atomic E-state index is -0.997. The number of ketones is 1. The van der Waals surface area contributed by atoms with Crippen LogP contribution in [0.5, 0.6) is 5.75 Å². The van der Waals surface area contributed by atoms with Crippen molar-refractivity contribution in [3.05, 3.63) is 119 Å². The third-order valence-electron chi connectivity index (χ3n) is 6.27. The maximum absolute atomic E-state index is 12.5. The second-order valence-electron chi connectivity index (χ2n) is 9.43. The lowest BCUT2D eigenvalue weighted by atomic mass is 10.0. The molecule has 0 saturated heterocycles. The molecule has 4 rings (SSSR count). The van der Waals surface area contributed by atoms with Crippen LogP contribution in [0.1, 0.15) is 39.9 Å². The fraction of sp³-hybridized carbons (Fsp3) is 0.219. The van der Waals surface area contributed by atoms with E-state index in [0.717, 1.165) is 28.1 Å². The molecule has 200 valence electrons. The summed E-state index contributed by atoms with van der Waals surface area (Å²) in [7, 11) is 0.